The fourth-order valence-corrected chi connectivity index (χ4v) is 3.71. The maximum Gasteiger partial charge on any atom is 0.290 e. The normalized spacial score (nSPS) is 23.8. The van der Waals surface area contributed by atoms with Crippen molar-refractivity contribution in [3.8, 4) is 0 Å². The number of nitrogens with zero attached hydrogens (tertiary/aromatic N) is 1. The highest BCUT2D eigenvalue weighted by Gasteiger charge is 2.41. The van der Waals surface area contributed by atoms with Crippen molar-refractivity contribution in [2.45, 2.75) is 24.8 Å². The summed E-state index contributed by atoms with van der Waals surface area (Å²) in [6.07, 6.45) is 3.54. The molecule has 2 atom stereocenters. The van der Waals surface area contributed by atoms with Crippen molar-refractivity contribution in [2.75, 3.05) is 6.54 Å². The molecule has 1 aromatic carbocycles. The minimum atomic E-state index is -0.0127. The van der Waals surface area contributed by atoms with Crippen LogP contribution in [0.4, 0.5) is 0 Å². The van der Waals surface area contributed by atoms with Crippen molar-refractivity contribution in [1.29, 1.82) is 0 Å². The van der Waals surface area contributed by atoms with Gasteiger partial charge in [0.1, 0.15) is 0 Å². The summed E-state index contributed by atoms with van der Waals surface area (Å²) < 4.78 is 5.25. The number of carbonyl (C=O) groups is 1. The Morgan fingerprint density at radius 1 is 1.30 bits per heavy atom. The Labute approximate surface area is 122 Å². The number of carbonyl (C=O) groups excluding carboxylic acids is 1. The number of amides is 1. The second-order valence-electron chi connectivity index (χ2n) is 5.49. The van der Waals surface area contributed by atoms with E-state index in [0.717, 1.165) is 24.4 Å². The van der Waals surface area contributed by atoms with Gasteiger partial charge in [-0.2, -0.15) is 0 Å². The zero-order valence-electron chi connectivity index (χ0n) is 10.9. The molecule has 1 aromatic heterocycles. The van der Waals surface area contributed by atoms with Gasteiger partial charge in [0.05, 0.1) is 12.3 Å². The molecule has 20 heavy (non-hydrogen) atoms. The topological polar surface area (TPSA) is 33.5 Å². The van der Waals surface area contributed by atoms with Crippen molar-refractivity contribution in [1.82, 2.24) is 4.90 Å². The van der Waals surface area contributed by atoms with Gasteiger partial charge in [0, 0.05) is 11.6 Å². The van der Waals surface area contributed by atoms with E-state index in [4.69, 9.17) is 16.0 Å². The number of furan rings is 1. The number of hydrogen-bond donors (Lipinski definition) is 0. The Bertz CT molecular complexity index is 665. The number of likely N-dealkylation sites (tertiary alicyclic amines) is 1. The lowest BCUT2D eigenvalue weighted by molar-refractivity contribution is 0.0588. The first kappa shape index (κ1) is 12.0. The highest BCUT2D eigenvalue weighted by Crippen LogP contribution is 2.49. The molecule has 0 saturated carbocycles. The molecule has 1 unspecified atom stereocenters. The molecule has 2 heterocycles. The maximum absolute atomic E-state index is 12.5. The SMILES string of the molecule is O=C(c1ccco1)N1CCC2C[C@@H]1c1ccc(Cl)cc12. The largest absolute Gasteiger partial charge is 0.459 e. The molecule has 1 fully saturated rings. The third-order valence-electron chi connectivity index (χ3n) is 4.44. The first-order valence-corrected chi connectivity index (χ1v) is 7.25. The van der Waals surface area contributed by atoms with E-state index in [1.165, 1.54) is 11.1 Å². The van der Waals surface area contributed by atoms with Gasteiger partial charge in [-0.3, -0.25) is 4.79 Å². The molecule has 1 amide bonds. The fraction of sp³-hybridized carbons (Fsp3) is 0.312. The van der Waals surface area contributed by atoms with Gasteiger partial charge in [-0.1, -0.05) is 17.7 Å². The Morgan fingerprint density at radius 2 is 2.20 bits per heavy atom. The van der Waals surface area contributed by atoms with E-state index < -0.39 is 0 Å². The van der Waals surface area contributed by atoms with Gasteiger partial charge in [-0.25, -0.2) is 0 Å². The van der Waals surface area contributed by atoms with Crippen molar-refractivity contribution in [3.05, 3.63) is 58.5 Å². The molecule has 4 heteroatoms. The number of fused-ring (bicyclic) bond motifs is 5. The van der Waals surface area contributed by atoms with Crippen LogP contribution < -0.4 is 0 Å². The van der Waals surface area contributed by atoms with Crippen molar-refractivity contribution >= 4 is 17.5 Å². The van der Waals surface area contributed by atoms with E-state index in [-0.39, 0.29) is 11.9 Å². The summed E-state index contributed by atoms with van der Waals surface area (Å²) in [6.45, 7) is 0.779. The van der Waals surface area contributed by atoms with Crippen LogP contribution >= 0.6 is 11.6 Å². The van der Waals surface area contributed by atoms with Crippen LogP contribution in [0.2, 0.25) is 5.02 Å². The fourth-order valence-electron chi connectivity index (χ4n) is 3.53. The van der Waals surface area contributed by atoms with E-state index in [9.17, 15) is 4.79 Å². The minimum absolute atomic E-state index is 0.0127. The first-order valence-electron chi connectivity index (χ1n) is 6.88. The molecule has 1 aliphatic heterocycles. The maximum atomic E-state index is 12.5. The van der Waals surface area contributed by atoms with Crippen LogP contribution in [0, 0.1) is 0 Å². The molecule has 0 radical (unpaired) electrons. The van der Waals surface area contributed by atoms with Gasteiger partial charge in [0.15, 0.2) is 5.76 Å². The van der Waals surface area contributed by atoms with E-state index in [1.54, 1.807) is 18.4 Å². The third kappa shape index (κ3) is 1.70. The molecule has 2 bridgehead atoms. The van der Waals surface area contributed by atoms with Crippen LogP contribution in [0.15, 0.2) is 41.0 Å². The predicted octanol–water partition coefficient (Wildman–Crippen LogP) is 4.01. The Balaban J connectivity index is 1.72. The van der Waals surface area contributed by atoms with Crippen molar-refractivity contribution in [2.24, 2.45) is 0 Å². The Morgan fingerprint density at radius 3 is 3.00 bits per heavy atom. The lowest BCUT2D eigenvalue weighted by Crippen LogP contribution is -2.37. The highest BCUT2D eigenvalue weighted by atomic mass is 35.5. The van der Waals surface area contributed by atoms with Crippen LogP contribution in [0.3, 0.4) is 0 Å². The molecule has 4 rings (SSSR count). The summed E-state index contributed by atoms with van der Waals surface area (Å²) in [4.78, 5) is 14.5. The standard InChI is InChI=1S/C16H14ClNO2/c17-11-3-4-12-13(9-11)10-5-6-18(14(12)8-10)16(19)15-2-1-7-20-15/h1-4,7,9-10,14H,5-6,8H2/t10?,14-/m1/s1. The summed E-state index contributed by atoms with van der Waals surface area (Å²) in [5.74, 6) is 0.946. The van der Waals surface area contributed by atoms with Gasteiger partial charge in [0.2, 0.25) is 0 Å². The summed E-state index contributed by atoms with van der Waals surface area (Å²) in [5.41, 5.74) is 2.56. The van der Waals surface area contributed by atoms with E-state index in [0.29, 0.717) is 11.7 Å². The number of benzene rings is 1. The quantitative estimate of drug-likeness (QED) is 0.794. The molecular formula is C16H14ClNO2. The first-order chi connectivity index (χ1) is 9.74. The van der Waals surface area contributed by atoms with Gasteiger partial charge < -0.3 is 9.32 Å². The predicted molar refractivity (Wildman–Crippen MR) is 75.9 cm³/mol. The average molecular weight is 288 g/mol. The zero-order valence-corrected chi connectivity index (χ0v) is 11.6. The van der Waals surface area contributed by atoms with Gasteiger partial charge in [-0.15, -0.1) is 0 Å². The number of piperidine rings is 1. The molecule has 1 aliphatic carbocycles. The highest BCUT2D eigenvalue weighted by molar-refractivity contribution is 6.30. The van der Waals surface area contributed by atoms with E-state index >= 15 is 0 Å². The summed E-state index contributed by atoms with van der Waals surface area (Å²) >= 11 is 6.10. The van der Waals surface area contributed by atoms with Crippen LogP contribution in [0.1, 0.15) is 46.5 Å². The van der Waals surface area contributed by atoms with E-state index in [1.807, 2.05) is 11.0 Å². The summed E-state index contributed by atoms with van der Waals surface area (Å²) in [6, 6.07) is 9.68. The lowest BCUT2D eigenvalue weighted by Gasteiger charge is -2.33. The molecule has 102 valence electrons. The van der Waals surface area contributed by atoms with Gasteiger partial charge in [0.25, 0.3) is 5.91 Å². The van der Waals surface area contributed by atoms with E-state index in [2.05, 4.69) is 12.1 Å². The van der Waals surface area contributed by atoms with Crippen molar-refractivity contribution in [3.63, 3.8) is 0 Å². The second-order valence-corrected chi connectivity index (χ2v) is 5.92. The number of halogens is 1. The average Bonchev–Trinajstić information content (AvgIpc) is 3.07. The van der Waals surface area contributed by atoms with Gasteiger partial charge >= 0.3 is 0 Å². The number of rotatable bonds is 1. The monoisotopic (exact) mass is 287 g/mol. The van der Waals surface area contributed by atoms with Crippen LogP contribution in [0.5, 0.6) is 0 Å². The lowest BCUT2D eigenvalue weighted by atomic mass is 9.95. The summed E-state index contributed by atoms with van der Waals surface area (Å²) in [5, 5.41) is 0.778. The molecule has 0 spiro atoms. The van der Waals surface area contributed by atoms with Gasteiger partial charge in [-0.05, 0) is 54.2 Å². The van der Waals surface area contributed by atoms with Crippen LogP contribution in [-0.2, 0) is 0 Å². The van der Waals surface area contributed by atoms with Crippen LogP contribution in [-0.4, -0.2) is 17.4 Å². The second kappa shape index (κ2) is 4.38. The molecule has 0 N–H and O–H groups in total. The molecule has 2 aliphatic rings. The minimum Gasteiger partial charge on any atom is -0.459 e. The Kier molecular flexibility index (Phi) is 2.64. The third-order valence-corrected chi connectivity index (χ3v) is 4.68. The zero-order chi connectivity index (χ0) is 13.7. The number of hydrogen-bond acceptors (Lipinski definition) is 2. The summed E-state index contributed by atoms with van der Waals surface area (Å²) in [7, 11) is 0. The molecule has 1 saturated heterocycles. The van der Waals surface area contributed by atoms with Crippen LogP contribution in [0.25, 0.3) is 0 Å². The smallest absolute Gasteiger partial charge is 0.290 e. The molecule has 3 nitrogen and oxygen atoms in total. The molecule has 2 aromatic rings. The molecular weight excluding hydrogens is 274 g/mol. The van der Waals surface area contributed by atoms with Crippen molar-refractivity contribution < 1.29 is 9.21 Å². The Hall–Kier alpha value is -1.74.